The number of aromatic nitrogens is 1. The first-order valence-electron chi connectivity index (χ1n) is 9.15. The summed E-state index contributed by atoms with van der Waals surface area (Å²) < 4.78 is 30.6. The average molecular weight is 465 g/mol. The fourth-order valence-electron chi connectivity index (χ4n) is 3.00. The van der Waals surface area contributed by atoms with Gasteiger partial charge in [0, 0.05) is 0 Å². The number of hydrogen-bond donors (Lipinski definition) is 1. The predicted octanol–water partition coefficient (Wildman–Crippen LogP) is 3.93. The zero-order valence-corrected chi connectivity index (χ0v) is 17.4. The molecule has 3 aromatic carbocycles. The number of anilines is 1. The van der Waals surface area contributed by atoms with Crippen LogP contribution in [-0.4, -0.2) is 25.8 Å². The molecule has 4 aromatic rings. The van der Waals surface area contributed by atoms with E-state index in [0.717, 1.165) is 10.5 Å². The molecule has 6 heteroatoms. The van der Waals surface area contributed by atoms with Crippen LogP contribution in [0.25, 0.3) is 11.1 Å². The Hall–Kier alpha value is -3.34. The fourth-order valence-corrected chi connectivity index (χ4v) is 5.16. The van der Waals surface area contributed by atoms with Crippen LogP contribution in [0.5, 0.6) is 0 Å². The van der Waals surface area contributed by atoms with Crippen LogP contribution in [0.1, 0.15) is 10.5 Å². The Bertz CT molecular complexity index is 1180. The summed E-state index contributed by atoms with van der Waals surface area (Å²) in [6.07, 6.45) is 1.53. The molecule has 1 aromatic heterocycles. The number of benzene rings is 3. The molecule has 0 aliphatic heterocycles. The van der Waals surface area contributed by atoms with Gasteiger partial charge in [0.05, 0.1) is 0 Å². The molecule has 0 bridgehead atoms. The van der Waals surface area contributed by atoms with Crippen LogP contribution in [0.2, 0.25) is 0 Å². The maximum absolute atomic E-state index is 15.0. The summed E-state index contributed by atoms with van der Waals surface area (Å²) in [5.41, 5.74) is 1.47. The summed E-state index contributed by atoms with van der Waals surface area (Å²) in [6.45, 7) is 0. The Morgan fingerprint density at radius 3 is 2.37 bits per heavy atom. The van der Waals surface area contributed by atoms with E-state index < -0.39 is 17.5 Å². The monoisotopic (exact) mass is 466 g/mol. The maximum atomic E-state index is 15.0. The minimum atomic E-state index is -0.664. The summed E-state index contributed by atoms with van der Waals surface area (Å²) in [7, 11) is 0. The third-order valence-electron chi connectivity index (χ3n) is 4.33. The molecule has 1 heterocycles. The minimum absolute atomic E-state index is 0.251. The molecule has 0 unspecified atom stereocenters. The van der Waals surface area contributed by atoms with Gasteiger partial charge in [-0.05, 0) is 0 Å². The number of amides is 1. The SMILES string of the molecule is O=C(Nc1ccccc1-c1c(F)cc(F)cc1[Se]c1ccccc1)c1ccccn1. The summed E-state index contributed by atoms with van der Waals surface area (Å²) in [6, 6.07) is 23.7. The molecule has 0 radical (unpaired) electrons. The molecule has 0 aliphatic rings. The second kappa shape index (κ2) is 8.99. The van der Waals surface area contributed by atoms with Crippen LogP contribution >= 0.6 is 0 Å². The van der Waals surface area contributed by atoms with Gasteiger partial charge in [-0.15, -0.1) is 0 Å². The average Bonchev–Trinajstić information content (AvgIpc) is 2.76. The molecule has 30 heavy (non-hydrogen) atoms. The van der Waals surface area contributed by atoms with Crippen molar-refractivity contribution in [2.45, 2.75) is 0 Å². The van der Waals surface area contributed by atoms with Gasteiger partial charge < -0.3 is 0 Å². The Kier molecular flexibility index (Phi) is 5.98. The summed E-state index contributed by atoms with van der Waals surface area (Å²) in [5, 5.41) is 2.80. The number of nitrogens with zero attached hydrogens (tertiary/aromatic N) is 1. The Morgan fingerprint density at radius 2 is 1.60 bits per heavy atom. The predicted molar refractivity (Wildman–Crippen MR) is 115 cm³/mol. The first kappa shape index (κ1) is 20.0. The molecule has 0 fully saturated rings. The molecule has 0 saturated heterocycles. The van der Waals surface area contributed by atoms with Gasteiger partial charge in [0.15, 0.2) is 0 Å². The summed E-state index contributed by atoms with van der Waals surface area (Å²) >= 11 is -0.322. The normalized spacial score (nSPS) is 10.6. The van der Waals surface area contributed by atoms with Crippen LogP contribution < -0.4 is 14.2 Å². The van der Waals surface area contributed by atoms with Gasteiger partial charge in [-0.25, -0.2) is 0 Å². The van der Waals surface area contributed by atoms with Gasteiger partial charge in [0.2, 0.25) is 0 Å². The molecule has 0 atom stereocenters. The van der Waals surface area contributed by atoms with Gasteiger partial charge in [-0.1, -0.05) is 0 Å². The van der Waals surface area contributed by atoms with Crippen molar-refractivity contribution in [1.82, 2.24) is 4.98 Å². The molecule has 0 spiro atoms. The Morgan fingerprint density at radius 1 is 0.867 bits per heavy atom. The van der Waals surface area contributed by atoms with Crippen molar-refractivity contribution in [2.75, 3.05) is 5.32 Å². The van der Waals surface area contributed by atoms with Gasteiger partial charge in [-0.2, -0.15) is 0 Å². The van der Waals surface area contributed by atoms with E-state index in [-0.39, 0.29) is 26.2 Å². The molecule has 1 N–H and O–H groups in total. The van der Waals surface area contributed by atoms with Gasteiger partial charge in [-0.3, -0.25) is 0 Å². The topological polar surface area (TPSA) is 42.0 Å². The van der Waals surface area contributed by atoms with Crippen molar-refractivity contribution in [1.29, 1.82) is 0 Å². The quantitative estimate of drug-likeness (QED) is 0.454. The number of halogens is 2. The second-order valence-electron chi connectivity index (χ2n) is 6.39. The van der Waals surface area contributed by atoms with Crippen LogP contribution in [0, 0.1) is 11.6 Å². The van der Waals surface area contributed by atoms with Crippen molar-refractivity contribution < 1.29 is 13.6 Å². The summed E-state index contributed by atoms with van der Waals surface area (Å²) in [5.74, 6) is -1.69. The number of rotatable bonds is 5. The van der Waals surface area contributed by atoms with Crippen molar-refractivity contribution in [3.8, 4) is 11.1 Å². The van der Waals surface area contributed by atoms with Crippen molar-refractivity contribution >= 4 is 35.5 Å². The van der Waals surface area contributed by atoms with E-state index in [9.17, 15) is 13.6 Å². The van der Waals surface area contributed by atoms with E-state index in [1.165, 1.54) is 12.3 Å². The standard InChI is InChI=1S/C24H16F2N2OSe/c25-16-14-19(26)23(22(15-16)30-17-8-2-1-3-9-17)18-10-4-5-11-20(18)28-24(29)21-12-6-7-13-27-21/h1-15H,(H,28,29). The fraction of sp³-hybridized carbons (Fsp3) is 0. The van der Waals surface area contributed by atoms with E-state index in [1.54, 1.807) is 42.5 Å². The molecular weight excluding hydrogens is 449 g/mol. The van der Waals surface area contributed by atoms with E-state index in [2.05, 4.69) is 10.3 Å². The zero-order chi connectivity index (χ0) is 20.9. The van der Waals surface area contributed by atoms with Gasteiger partial charge >= 0.3 is 179 Å². The van der Waals surface area contributed by atoms with Crippen molar-refractivity contribution in [3.63, 3.8) is 0 Å². The number of pyridine rings is 1. The number of carbonyl (C=O) groups is 1. The zero-order valence-electron chi connectivity index (χ0n) is 15.7. The van der Waals surface area contributed by atoms with Crippen LogP contribution in [0.3, 0.4) is 0 Å². The van der Waals surface area contributed by atoms with E-state index >= 15 is 0 Å². The van der Waals surface area contributed by atoms with Crippen LogP contribution in [-0.2, 0) is 0 Å². The van der Waals surface area contributed by atoms with Crippen LogP contribution in [0.15, 0.2) is 91.1 Å². The molecule has 1 amide bonds. The Labute approximate surface area is 179 Å². The molecule has 0 aliphatic carbocycles. The van der Waals surface area contributed by atoms with Gasteiger partial charge in [0.1, 0.15) is 0 Å². The Balaban J connectivity index is 1.77. The third kappa shape index (κ3) is 4.46. The van der Waals surface area contributed by atoms with Gasteiger partial charge in [0.25, 0.3) is 0 Å². The third-order valence-corrected chi connectivity index (χ3v) is 6.53. The molecule has 3 nitrogen and oxygen atoms in total. The first-order valence-corrected chi connectivity index (χ1v) is 10.9. The van der Waals surface area contributed by atoms with Crippen molar-refractivity contribution in [2.24, 2.45) is 0 Å². The number of para-hydroxylation sites is 1. The second-order valence-corrected chi connectivity index (χ2v) is 8.73. The molecule has 4 rings (SSSR count). The molecule has 0 saturated carbocycles. The summed E-state index contributed by atoms with van der Waals surface area (Å²) in [4.78, 5) is 16.6. The van der Waals surface area contributed by atoms with E-state index in [4.69, 9.17) is 0 Å². The number of nitrogens with one attached hydrogen (secondary N) is 1. The molecule has 148 valence electrons. The van der Waals surface area contributed by atoms with E-state index in [0.29, 0.717) is 15.7 Å². The first-order chi connectivity index (χ1) is 14.6. The number of carbonyl (C=O) groups excluding carboxylic acids is 1. The van der Waals surface area contributed by atoms with E-state index in [1.807, 2.05) is 30.3 Å². The van der Waals surface area contributed by atoms with Crippen LogP contribution in [0.4, 0.5) is 14.5 Å². The molecular formula is C24H16F2N2OSe. The number of hydrogen-bond acceptors (Lipinski definition) is 2. The van der Waals surface area contributed by atoms with Crippen molar-refractivity contribution in [3.05, 3.63) is 108 Å².